The van der Waals surface area contributed by atoms with Crippen LogP contribution in [0, 0.1) is 0 Å². The third-order valence-electron chi connectivity index (χ3n) is 2.02. The number of nitrogens with zero attached hydrogens (tertiary/aromatic N) is 3. The first-order valence-electron chi connectivity index (χ1n) is 4.60. The van der Waals surface area contributed by atoms with Gasteiger partial charge in [0.15, 0.2) is 0 Å². The van der Waals surface area contributed by atoms with E-state index in [9.17, 15) is 0 Å². The van der Waals surface area contributed by atoms with Crippen LogP contribution in [0.2, 0.25) is 0 Å². The lowest BCUT2D eigenvalue weighted by atomic mass is 10.2. The van der Waals surface area contributed by atoms with E-state index in [2.05, 4.69) is 10.2 Å². The van der Waals surface area contributed by atoms with Gasteiger partial charge < -0.3 is 15.1 Å². The van der Waals surface area contributed by atoms with Gasteiger partial charge in [0, 0.05) is 13.6 Å². The molecule has 15 heavy (non-hydrogen) atoms. The van der Waals surface area contributed by atoms with Gasteiger partial charge in [-0.25, -0.2) is 0 Å². The van der Waals surface area contributed by atoms with Gasteiger partial charge >= 0.3 is 12.0 Å². The highest BCUT2D eigenvalue weighted by atomic mass is 16.4. The van der Waals surface area contributed by atoms with E-state index < -0.39 is 0 Å². The Kier molecular flexibility index (Phi) is 2.53. The predicted octanol–water partition coefficient (Wildman–Crippen LogP) is 1.29. The van der Waals surface area contributed by atoms with Gasteiger partial charge in [-0.2, -0.15) is 0 Å². The van der Waals surface area contributed by atoms with Gasteiger partial charge in [0.2, 0.25) is 0 Å². The second-order valence-electron chi connectivity index (χ2n) is 3.26. The summed E-state index contributed by atoms with van der Waals surface area (Å²) in [5.41, 5.74) is 6.52. The molecule has 2 aromatic rings. The molecule has 0 atom stereocenters. The minimum absolute atomic E-state index is 0.0879. The summed E-state index contributed by atoms with van der Waals surface area (Å²) in [5.74, 6) is 0. The molecular formula is C10H12N4O. The van der Waals surface area contributed by atoms with Crippen LogP contribution in [0.15, 0.2) is 34.7 Å². The third-order valence-corrected chi connectivity index (χ3v) is 2.02. The lowest BCUT2D eigenvalue weighted by Crippen LogP contribution is -2.16. The second kappa shape index (κ2) is 4.00. The van der Waals surface area contributed by atoms with E-state index in [0.29, 0.717) is 12.6 Å². The summed E-state index contributed by atoms with van der Waals surface area (Å²) in [6.07, 6.45) is 0. The summed E-state index contributed by atoms with van der Waals surface area (Å²) in [7, 11) is 1.87. The first-order valence-corrected chi connectivity index (χ1v) is 4.60. The highest BCUT2D eigenvalue weighted by Gasteiger charge is 2.08. The molecule has 1 heterocycles. The van der Waals surface area contributed by atoms with Crippen LogP contribution in [0.3, 0.4) is 0 Å². The van der Waals surface area contributed by atoms with Crippen molar-refractivity contribution in [2.45, 2.75) is 6.54 Å². The van der Waals surface area contributed by atoms with Crippen molar-refractivity contribution >= 4 is 12.0 Å². The second-order valence-corrected chi connectivity index (χ2v) is 3.26. The van der Waals surface area contributed by atoms with Crippen molar-refractivity contribution < 1.29 is 4.42 Å². The lowest BCUT2D eigenvalue weighted by molar-refractivity contribution is 0.559. The summed E-state index contributed by atoms with van der Waals surface area (Å²) in [5, 5.41) is 7.39. The summed E-state index contributed by atoms with van der Waals surface area (Å²) in [6, 6.07) is 10.6. The fourth-order valence-electron chi connectivity index (χ4n) is 1.31. The SMILES string of the molecule is CN(Cc1ccccc1)c1nnc(N)o1. The quantitative estimate of drug-likeness (QED) is 0.815. The molecule has 0 aliphatic carbocycles. The molecule has 1 aromatic heterocycles. The maximum Gasteiger partial charge on any atom is 0.319 e. The molecule has 0 spiro atoms. The Balaban J connectivity index is 2.07. The predicted molar refractivity (Wildman–Crippen MR) is 57.3 cm³/mol. The zero-order valence-electron chi connectivity index (χ0n) is 8.42. The molecule has 0 saturated heterocycles. The molecule has 0 amide bonds. The first-order chi connectivity index (χ1) is 7.25. The van der Waals surface area contributed by atoms with Crippen molar-refractivity contribution in [1.29, 1.82) is 0 Å². The molecule has 0 saturated carbocycles. The fraction of sp³-hybridized carbons (Fsp3) is 0.200. The van der Waals surface area contributed by atoms with Gasteiger partial charge in [-0.15, -0.1) is 0 Å². The van der Waals surface area contributed by atoms with E-state index in [0.717, 1.165) is 0 Å². The number of hydrogen-bond acceptors (Lipinski definition) is 5. The molecule has 78 valence electrons. The van der Waals surface area contributed by atoms with E-state index in [1.807, 2.05) is 42.3 Å². The number of nitrogen functional groups attached to an aromatic ring is 1. The van der Waals surface area contributed by atoms with Crippen molar-refractivity contribution in [1.82, 2.24) is 10.2 Å². The lowest BCUT2D eigenvalue weighted by Gasteiger charge is -2.13. The van der Waals surface area contributed by atoms with Crippen molar-refractivity contribution in [2.24, 2.45) is 0 Å². The maximum absolute atomic E-state index is 5.34. The van der Waals surface area contributed by atoms with Crippen LogP contribution in [0.4, 0.5) is 12.0 Å². The number of rotatable bonds is 3. The van der Waals surface area contributed by atoms with Gasteiger partial charge in [-0.05, 0) is 5.56 Å². The summed E-state index contributed by atoms with van der Waals surface area (Å²) < 4.78 is 5.10. The fourth-order valence-corrected chi connectivity index (χ4v) is 1.31. The zero-order chi connectivity index (χ0) is 10.7. The Labute approximate surface area is 87.5 Å². The van der Waals surface area contributed by atoms with Crippen LogP contribution >= 0.6 is 0 Å². The molecular weight excluding hydrogens is 192 g/mol. The minimum atomic E-state index is 0.0879. The number of aromatic nitrogens is 2. The van der Waals surface area contributed by atoms with E-state index >= 15 is 0 Å². The Morgan fingerprint density at radius 1 is 1.27 bits per heavy atom. The van der Waals surface area contributed by atoms with E-state index in [1.54, 1.807) is 0 Å². The first kappa shape index (κ1) is 9.51. The average Bonchev–Trinajstić information content (AvgIpc) is 2.66. The Morgan fingerprint density at radius 3 is 2.60 bits per heavy atom. The van der Waals surface area contributed by atoms with E-state index in [4.69, 9.17) is 10.2 Å². The van der Waals surface area contributed by atoms with Gasteiger partial charge in [-0.3, -0.25) is 0 Å². The summed E-state index contributed by atoms with van der Waals surface area (Å²) >= 11 is 0. The van der Waals surface area contributed by atoms with E-state index in [-0.39, 0.29) is 6.01 Å². The molecule has 5 nitrogen and oxygen atoms in total. The van der Waals surface area contributed by atoms with Crippen LogP contribution in [-0.4, -0.2) is 17.2 Å². The number of hydrogen-bond donors (Lipinski definition) is 1. The topological polar surface area (TPSA) is 68.2 Å². The van der Waals surface area contributed by atoms with Gasteiger partial charge in [0.1, 0.15) is 0 Å². The number of nitrogens with two attached hydrogens (primary N) is 1. The molecule has 0 unspecified atom stereocenters. The van der Waals surface area contributed by atoms with Crippen molar-refractivity contribution in [3.63, 3.8) is 0 Å². The largest absolute Gasteiger partial charge is 0.390 e. The van der Waals surface area contributed by atoms with Gasteiger partial charge in [0.25, 0.3) is 0 Å². The Bertz CT molecular complexity index is 426. The molecule has 0 aliphatic heterocycles. The highest BCUT2D eigenvalue weighted by Crippen LogP contribution is 2.14. The number of anilines is 2. The van der Waals surface area contributed by atoms with Crippen LogP contribution in [0.1, 0.15) is 5.56 Å². The van der Waals surface area contributed by atoms with Crippen LogP contribution < -0.4 is 10.6 Å². The minimum Gasteiger partial charge on any atom is -0.390 e. The highest BCUT2D eigenvalue weighted by molar-refractivity contribution is 5.29. The maximum atomic E-state index is 5.34. The molecule has 2 rings (SSSR count). The van der Waals surface area contributed by atoms with Crippen molar-refractivity contribution in [3.05, 3.63) is 35.9 Å². The molecule has 1 aromatic carbocycles. The normalized spacial score (nSPS) is 10.2. The average molecular weight is 204 g/mol. The van der Waals surface area contributed by atoms with Crippen LogP contribution in [0.25, 0.3) is 0 Å². The molecule has 2 N–H and O–H groups in total. The Hall–Kier alpha value is -2.04. The van der Waals surface area contributed by atoms with E-state index in [1.165, 1.54) is 5.56 Å². The van der Waals surface area contributed by atoms with Gasteiger partial charge in [0.05, 0.1) is 0 Å². The van der Waals surface area contributed by atoms with Crippen LogP contribution in [0.5, 0.6) is 0 Å². The zero-order valence-corrected chi connectivity index (χ0v) is 8.42. The molecule has 0 aliphatic rings. The van der Waals surface area contributed by atoms with Crippen molar-refractivity contribution in [2.75, 3.05) is 17.7 Å². The van der Waals surface area contributed by atoms with Crippen molar-refractivity contribution in [3.8, 4) is 0 Å². The van der Waals surface area contributed by atoms with Gasteiger partial charge in [-0.1, -0.05) is 40.5 Å². The molecule has 0 radical (unpaired) electrons. The molecule has 0 fully saturated rings. The summed E-state index contributed by atoms with van der Waals surface area (Å²) in [6.45, 7) is 0.711. The third kappa shape index (κ3) is 2.25. The summed E-state index contributed by atoms with van der Waals surface area (Å²) in [4.78, 5) is 1.85. The monoisotopic (exact) mass is 204 g/mol. The standard InChI is InChI=1S/C10H12N4O/c1-14(10-13-12-9(11)15-10)7-8-5-3-2-4-6-8/h2-6H,7H2,1H3,(H2,11,12). The van der Waals surface area contributed by atoms with Crippen LogP contribution in [-0.2, 0) is 6.54 Å². The number of benzene rings is 1. The molecule has 5 heteroatoms. The Morgan fingerprint density at radius 2 is 2.00 bits per heavy atom. The molecule has 0 bridgehead atoms. The smallest absolute Gasteiger partial charge is 0.319 e.